The second-order valence-electron chi connectivity index (χ2n) is 10.7. The van der Waals surface area contributed by atoms with Gasteiger partial charge in [-0.3, -0.25) is 4.79 Å². The van der Waals surface area contributed by atoms with Crippen molar-refractivity contribution < 1.29 is 13.2 Å². The van der Waals surface area contributed by atoms with Crippen LogP contribution >= 0.6 is 11.8 Å². The van der Waals surface area contributed by atoms with E-state index in [0.29, 0.717) is 33.8 Å². The van der Waals surface area contributed by atoms with Gasteiger partial charge in [-0.2, -0.15) is 0 Å². The standard InChI is InChI=1S/C28H38N4O4S2/c1-17-13-26(37-4)24(28(33)30-17)14-29-38(34,35)27-19(3)32(25-8-6-5-7-23(25)27)18(2)20-9-11-21(12-10-20)31-22-15-36-16-22/h5-8,13,18,20-22,29,31H,9-12,14-16H2,1-4H3,(H,30,33)/t18-,20?,21?/m1/s1. The number of H-pyrrole nitrogens is 1. The Kier molecular flexibility index (Phi) is 8.07. The number of aromatic amines is 1. The number of pyridine rings is 1. The van der Waals surface area contributed by atoms with Crippen LogP contribution in [0, 0.1) is 19.8 Å². The van der Waals surface area contributed by atoms with Crippen LogP contribution in [-0.4, -0.2) is 49.5 Å². The maximum absolute atomic E-state index is 13.7. The van der Waals surface area contributed by atoms with Crippen LogP contribution in [0.2, 0.25) is 0 Å². The Labute approximate surface area is 229 Å². The number of ether oxygens (including phenoxy) is 1. The zero-order valence-electron chi connectivity index (χ0n) is 22.5. The predicted molar refractivity (Wildman–Crippen MR) is 152 cm³/mol. The molecule has 5 rings (SSSR count). The normalized spacial score (nSPS) is 21.5. The van der Waals surface area contributed by atoms with Crippen molar-refractivity contribution in [3.63, 3.8) is 0 Å². The van der Waals surface area contributed by atoms with E-state index in [0.717, 1.165) is 60.7 Å². The van der Waals surface area contributed by atoms with Gasteiger partial charge in [0.2, 0.25) is 10.0 Å². The lowest BCUT2D eigenvalue weighted by Gasteiger charge is -2.37. The lowest BCUT2D eigenvalue weighted by Crippen LogP contribution is -2.51. The highest BCUT2D eigenvalue weighted by atomic mass is 32.2. The van der Waals surface area contributed by atoms with Crippen molar-refractivity contribution in [2.45, 2.75) is 80.9 Å². The van der Waals surface area contributed by atoms with Gasteiger partial charge in [0.25, 0.3) is 5.56 Å². The number of aryl methyl sites for hydroxylation is 1. The largest absolute Gasteiger partial charge is 0.378 e. The Morgan fingerprint density at radius 1 is 1.13 bits per heavy atom. The van der Waals surface area contributed by atoms with Crippen molar-refractivity contribution in [3.8, 4) is 0 Å². The molecule has 1 aromatic carbocycles. The van der Waals surface area contributed by atoms with E-state index < -0.39 is 10.0 Å². The molecule has 0 radical (unpaired) electrons. The van der Waals surface area contributed by atoms with E-state index in [1.54, 1.807) is 0 Å². The van der Waals surface area contributed by atoms with E-state index in [4.69, 9.17) is 4.74 Å². The van der Waals surface area contributed by atoms with Crippen LogP contribution < -0.4 is 15.6 Å². The number of nitrogens with one attached hydrogen (secondary N) is 3. The summed E-state index contributed by atoms with van der Waals surface area (Å²) in [6, 6.07) is 10.8. The minimum Gasteiger partial charge on any atom is -0.378 e. The third kappa shape index (κ3) is 5.34. The molecule has 0 amide bonds. The minimum atomic E-state index is -3.88. The number of para-hydroxylation sites is 1. The summed E-state index contributed by atoms with van der Waals surface area (Å²) in [5.41, 5.74) is 2.59. The maximum atomic E-state index is 13.7. The molecule has 1 atom stereocenters. The first kappa shape index (κ1) is 27.5. The first-order valence-electron chi connectivity index (χ1n) is 13.4. The van der Waals surface area contributed by atoms with Gasteiger partial charge in [-0.05, 0) is 70.8 Å². The fraction of sp³-hybridized carbons (Fsp3) is 0.536. The summed E-state index contributed by atoms with van der Waals surface area (Å²) in [5.74, 6) is 0.471. The van der Waals surface area contributed by atoms with Gasteiger partial charge in [0, 0.05) is 51.4 Å². The molecular weight excluding hydrogens is 520 g/mol. The van der Waals surface area contributed by atoms with Crippen molar-refractivity contribution in [3.05, 3.63) is 57.6 Å². The summed E-state index contributed by atoms with van der Waals surface area (Å²) in [5, 5.41) is 4.43. The van der Waals surface area contributed by atoms with E-state index in [9.17, 15) is 13.2 Å². The van der Waals surface area contributed by atoms with E-state index in [1.165, 1.54) is 11.8 Å². The van der Waals surface area contributed by atoms with Crippen LogP contribution in [0.15, 0.2) is 44.9 Å². The number of hydrogen-bond acceptors (Lipinski definition) is 6. The molecule has 8 nitrogen and oxygen atoms in total. The molecule has 10 heteroatoms. The molecule has 1 saturated heterocycles. The lowest BCUT2D eigenvalue weighted by molar-refractivity contribution is -0.0131. The summed E-state index contributed by atoms with van der Waals surface area (Å²) >= 11 is 1.44. The Morgan fingerprint density at radius 2 is 1.84 bits per heavy atom. The molecule has 0 spiro atoms. The highest BCUT2D eigenvalue weighted by molar-refractivity contribution is 7.98. The number of nitrogens with zero attached hydrogens (tertiary/aromatic N) is 1. The number of sulfonamides is 1. The first-order valence-corrected chi connectivity index (χ1v) is 16.1. The fourth-order valence-corrected chi connectivity index (χ4v) is 8.28. The predicted octanol–water partition coefficient (Wildman–Crippen LogP) is 4.26. The highest BCUT2D eigenvalue weighted by Crippen LogP contribution is 2.39. The SMILES string of the molecule is CSc1cc(C)[nH]c(=O)c1CNS(=O)(=O)c1c(C)n([C@H](C)C2CCC(NC3COC3)CC2)c2ccccc12. The number of hydrogen-bond donors (Lipinski definition) is 3. The van der Waals surface area contributed by atoms with Gasteiger partial charge in [-0.15, -0.1) is 11.8 Å². The Balaban J connectivity index is 1.40. The summed E-state index contributed by atoms with van der Waals surface area (Å²) in [4.78, 5) is 16.5. The molecule has 3 heterocycles. The zero-order valence-corrected chi connectivity index (χ0v) is 24.2. The molecule has 1 aliphatic heterocycles. The Hall–Kier alpha value is -2.11. The molecule has 206 valence electrons. The Morgan fingerprint density at radius 3 is 2.50 bits per heavy atom. The molecule has 38 heavy (non-hydrogen) atoms. The molecule has 2 fully saturated rings. The first-order chi connectivity index (χ1) is 18.2. The van der Waals surface area contributed by atoms with Crippen molar-refractivity contribution in [1.29, 1.82) is 0 Å². The van der Waals surface area contributed by atoms with Gasteiger partial charge in [0.1, 0.15) is 4.90 Å². The maximum Gasteiger partial charge on any atom is 0.253 e. The quantitative estimate of drug-likeness (QED) is 0.339. The van der Waals surface area contributed by atoms with E-state index >= 15 is 0 Å². The molecule has 2 aliphatic rings. The van der Waals surface area contributed by atoms with Crippen LogP contribution in [0.25, 0.3) is 10.9 Å². The summed E-state index contributed by atoms with van der Waals surface area (Å²) in [7, 11) is -3.88. The van der Waals surface area contributed by atoms with Crippen LogP contribution in [-0.2, 0) is 21.3 Å². The summed E-state index contributed by atoms with van der Waals surface area (Å²) in [6.45, 7) is 7.51. The van der Waals surface area contributed by atoms with Crippen molar-refractivity contribution >= 4 is 32.7 Å². The number of aromatic nitrogens is 2. The second kappa shape index (κ2) is 11.2. The van der Waals surface area contributed by atoms with Gasteiger partial charge in [0.05, 0.1) is 19.3 Å². The molecule has 3 aromatic rings. The average molecular weight is 559 g/mol. The summed E-state index contributed by atoms with van der Waals surface area (Å²) < 4.78 is 37.7. The number of thioether (sulfide) groups is 1. The topological polar surface area (TPSA) is 105 Å². The molecule has 0 bridgehead atoms. The zero-order chi connectivity index (χ0) is 27.0. The number of fused-ring (bicyclic) bond motifs is 1. The van der Waals surface area contributed by atoms with Crippen LogP contribution in [0.5, 0.6) is 0 Å². The monoisotopic (exact) mass is 558 g/mol. The Bertz CT molecular complexity index is 1470. The van der Waals surface area contributed by atoms with Crippen molar-refractivity contribution in [1.82, 2.24) is 19.6 Å². The lowest BCUT2D eigenvalue weighted by atomic mass is 9.81. The van der Waals surface area contributed by atoms with Crippen molar-refractivity contribution in [2.75, 3.05) is 19.5 Å². The van der Waals surface area contributed by atoms with Gasteiger partial charge in [-0.1, -0.05) is 18.2 Å². The fourth-order valence-electron chi connectivity index (χ4n) is 6.14. The van der Waals surface area contributed by atoms with Gasteiger partial charge in [0.15, 0.2) is 0 Å². The molecule has 1 aliphatic carbocycles. The van der Waals surface area contributed by atoms with Crippen molar-refractivity contribution in [2.24, 2.45) is 5.92 Å². The van der Waals surface area contributed by atoms with E-state index in [1.807, 2.05) is 50.4 Å². The minimum absolute atomic E-state index is 0.0638. The highest BCUT2D eigenvalue weighted by Gasteiger charge is 2.32. The number of benzene rings is 1. The van der Waals surface area contributed by atoms with Gasteiger partial charge in [-0.25, -0.2) is 13.1 Å². The van der Waals surface area contributed by atoms with Gasteiger partial charge >= 0.3 is 0 Å². The second-order valence-corrected chi connectivity index (χ2v) is 13.3. The molecular formula is C28H38N4O4S2. The average Bonchev–Trinajstić information content (AvgIpc) is 3.17. The van der Waals surface area contributed by atoms with Crippen LogP contribution in [0.3, 0.4) is 0 Å². The van der Waals surface area contributed by atoms with Gasteiger partial charge < -0.3 is 19.6 Å². The third-order valence-corrected chi connectivity index (χ3v) is 10.6. The van der Waals surface area contributed by atoms with Crippen LogP contribution in [0.1, 0.15) is 55.6 Å². The van der Waals surface area contributed by atoms with E-state index in [2.05, 4.69) is 26.5 Å². The third-order valence-electron chi connectivity index (χ3n) is 8.23. The molecule has 0 unspecified atom stereocenters. The van der Waals surface area contributed by atoms with E-state index in [-0.39, 0.29) is 18.1 Å². The molecule has 3 N–H and O–H groups in total. The smallest absolute Gasteiger partial charge is 0.253 e. The molecule has 2 aromatic heterocycles. The molecule has 1 saturated carbocycles. The van der Waals surface area contributed by atoms with Crippen LogP contribution in [0.4, 0.5) is 0 Å². The number of rotatable bonds is 9. The summed E-state index contributed by atoms with van der Waals surface area (Å²) in [6.07, 6.45) is 6.34.